The van der Waals surface area contributed by atoms with E-state index < -0.39 is 0 Å². The first kappa shape index (κ1) is 26.9. The van der Waals surface area contributed by atoms with Crippen LogP contribution in [0.4, 0.5) is 0 Å². The second kappa shape index (κ2) is 10.8. The van der Waals surface area contributed by atoms with Gasteiger partial charge in [0, 0.05) is 55.8 Å². The maximum Gasteiger partial charge on any atom is 0.148 e. The van der Waals surface area contributed by atoms with Crippen LogP contribution in [-0.4, -0.2) is 109 Å². The highest BCUT2D eigenvalue weighted by Crippen LogP contribution is 2.38. The maximum atomic E-state index is 4.29. The molecule has 9 saturated heterocycles. The van der Waals surface area contributed by atoms with Crippen LogP contribution >= 0.6 is 0 Å². The lowest BCUT2D eigenvalue weighted by Gasteiger charge is -2.35. The molecule has 12 nitrogen and oxygen atoms in total. The minimum absolute atomic E-state index is 0.318. The molecule has 9 fully saturated rings. The molecule has 230 valence electrons. The normalized spacial score (nSPS) is 58.3. The Morgan fingerprint density at radius 3 is 1.15 bits per heavy atom. The summed E-state index contributed by atoms with van der Waals surface area (Å²) < 4.78 is 0. The molecule has 0 amide bonds. The lowest BCUT2D eigenvalue weighted by Crippen LogP contribution is -3.18. The second-order valence-corrected chi connectivity index (χ2v) is 15.0. The number of piperidine rings is 4. The molecule has 0 aromatic heterocycles. The van der Waals surface area contributed by atoms with Gasteiger partial charge in [0.15, 0.2) is 0 Å². The van der Waals surface area contributed by atoms with Gasteiger partial charge in [-0.15, -0.1) is 0 Å². The Labute approximate surface area is 245 Å². The van der Waals surface area contributed by atoms with Crippen molar-refractivity contribution in [2.75, 3.05) is 59.4 Å². The molecular weight excluding hydrogens is 516 g/mol. The first-order chi connectivity index (χ1) is 20.2. The molecule has 0 aliphatic carbocycles. The van der Waals surface area contributed by atoms with Gasteiger partial charge in [0.05, 0.1) is 44.0 Å². The summed E-state index contributed by atoms with van der Waals surface area (Å²) in [5.74, 6) is 5.12. The second-order valence-electron chi connectivity index (χ2n) is 15.0. The minimum atomic E-state index is 0.318. The lowest BCUT2D eigenvalue weighted by molar-refractivity contribution is -0.927. The Bertz CT molecular complexity index is 883. The van der Waals surface area contributed by atoms with Crippen molar-refractivity contribution in [1.29, 1.82) is 0 Å². The summed E-state index contributed by atoms with van der Waals surface area (Å²) in [4.78, 5) is 1.64. The predicted molar refractivity (Wildman–Crippen MR) is 157 cm³/mol. The van der Waals surface area contributed by atoms with Gasteiger partial charge >= 0.3 is 0 Å². The fourth-order valence-corrected chi connectivity index (χ4v) is 11.2. The van der Waals surface area contributed by atoms with Crippen molar-refractivity contribution in [2.45, 2.75) is 75.0 Å². The summed E-state index contributed by atoms with van der Waals surface area (Å²) in [5, 5.41) is 44.4. The molecule has 17 unspecified atom stereocenters. The number of fused-ring (bicyclic) bond motifs is 20. The molecule has 9 rings (SSSR count). The third kappa shape index (κ3) is 4.47. The van der Waals surface area contributed by atoms with Crippen LogP contribution in [0.3, 0.4) is 0 Å². The Kier molecular flexibility index (Phi) is 7.11. The molecule has 0 saturated carbocycles. The van der Waals surface area contributed by atoms with E-state index in [2.05, 4.69) is 65.5 Å². The largest absolute Gasteiger partial charge is 0.316 e. The highest BCUT2D eigenvalue weighted by molar-refractivity contribution is 5.07. The third-order valence-corrected chi connectivity index (χ3v) is 13.3. The summed E-state index contributed by atoms with van der Waals surface area (Å²) in [6.07, 6.45) is 7.91. The summed E-state index contributed by atoms with van der Waals surface area (Å²) in [6.45, 7) is 8.98. The SMILES string of the molecule is C[NH+]1C2NC3NC(NC4NC(NC5NC(NC1C1CNCCC12)C1CCNCC51)C1CCNCC41)C1CCNCC31. The molecule has 0 aromatic carbocycles. The number of rotatable bonds is 0. The zero-order valence-corrected chi connectivity index (χ0v) is 24.7. The van der Waals surface area contributed by atoms with Crippen molar-refractivity contribution in [2.24, 2.45) is 47.3 Å². The van der Waals surface area contributed by atoms with Gasteiger partial charge in [0.1, 0.15) is 12.3 Å². The molecule has 9 aliphatic rings. The highest BCUT2D eigenvalue weighted by atomic mass is 15.5. The molecule has 9 aliphatic heterocycles. The van der Waals surface area contributed by atoms with E-state index in [1.54, 1.807) is 4.90 Å². The van der Waals surface area contributed by atoms with Crippen molar-refractivity contribution in [3.8, 4) is 0 Å². The van der Waals surface area contributed by atoms with Crippen LogP contribution in [0.1, 0.15) is 25.7 Å². The van der Waals surface area contributed by atoms with Crippen LogP contribution in [0.2, 0.25) is 0 Å². The van der Waals surface area contributed by atoms with E-state index in [4.69, 9.17) is 0 Å². The van der Waals surface area contributed by atoms with Crippen LogP contribution in [0.15, 0.2) is 0 Å². The minimum Gasteiger partial charge on any atom is -0.316 e. The van der Waals surface area contributed by atoms with E-state index in [-0.39, 0.29) is 0 Å². The zero-order chi connectivity index (χ0) is 27.1. The van der Waals surface area contributed by atoms with Crippen molar-refractivity contribution >= 4 is 0 Å². The molecule has 8 bridgehead atoms. The van der Waals surface area contributed by atoms with Crippen LogP contribution in [0.25, 0.3) is 0 Å². The Morgan fingerprint density at radius 2 is 0.683 bits per heavy atom. The Morgan fingerprint density at radius 1 is 0.366 bits per heavy atom. The summed E-state index contributed by atoms with van der Waals surface area (Å²) in [7, 11) is 2.46. The van der Waals surface area contributed by atoms with Crippen LogP contribution in [-0.2, 0) is 0 Å². The summed E-state index contributed by atoms with van der Waals surface area (Å²) in [5.41, 5.74) is 0. The number of hydrogen-bond acceptors (Lipinski definition) is 11. The molecule has 0 radical (unpaired) electrons. The molecule has 41 heavy (non-hydrogen) atoms. The molecule has 0 spiro atoms. The fourth-order valence-electron chi connectivity index (χ4n) is 11.2. The van der Waals surface area contributed by atoms with Crippen LogP contribution in [0.5, 0.6) is 0 Å². The molecule has 0 aromatic rings. The number of quaternary nitrogens is 1. The number of nitrogens with one attached hydrogen (secondary N) is 12. The first-order valence-electron chi connectivity index (χ1n) is 17.2. The molecule has 12 heteroatoms. The standard InChI is InChI=1S/C29H54N12/c1-41-28-17-5-9-33-13-21(17)29(41)39-24-16-4-8-31-11-19(16)26(38-24)35-22-14-2-6-30-10-18(14)25(34-22)36-23-15-3-7-32-12-20(15)27(37-23)40-28/h14-40H,2-13H2,1H3/p+1. The molecule has 9 heterocycles. The molecule has 17 atom stereocenters. The van der Waals surface area contributed by atoms with E-state index >= 15 is 0 Å². The fraction of sp³-hybridized carbons (Fsp3) is 1.00. The van der Waals surface area contributed by atoms with Crippen molar-refractivity contribution in [3.05, 3.63) is 0 Å². The van der Waals surface area contributed by atoms with E-state index in [0.29, 0.717) is 96.7 Å². The van der Waals surface area contributed by atoms with Crippen molar-refractivity contribution < 1.29 is 4.90 Å². The average Bonchev–Trinajstić information content (AvgIpc) is 3.72. The monoisotopic (exact) mass is 571 g/mol. The van der Waals surface area contributed by atoms with Gasteiger partial charge in [-0.3, -0.25) is 37.2 Å². The summed E-state index contributed by atoms with van der Waals surface area (Å²) >= 11 is 0. The van der Waals surface area contributed by atoms with Gasteiger partial charge in [-0.2, -0.15) is 0 Å². The zero-order valence-electron chi connectivity index (χ0n) is 24.7. The molecule has 12 N–H and O–H groups in total. The van der Waals surface area contributed by atoms with Gasteiger partial charge in [-0.05, 0) is 69.6 Å². The van der Waals surface area contributed by atoms with E-state index in [0.717, 1.165) is 52.4 Å². The number of hydrogen-bond donors (Lipinski definition) is 12. The Balaban J connectivity index is 1.07. The van der Waals surface area contributed by atoms with E-state index in [1.165, 1.54) is 25.7 Å². The maximum absolute atomic E-state index is 4.29. The first-order valence-corrected chi connectivity index (χ1v) is 17.2. The van der Waals surface area contributed by atoms with Gasteiger partial charge in [0.2, 0.25) is 0 Å². The molecular formula is C29H55N12+. The topological polar surface area (TPSA) is 137 Å². The Hall–Kier alpha value is -0.480. The van der Waals surface area contributed by atoms with Gasteiger partial charge in [-0.25, -0.2) is 0 Å². The lowest BCUT2D eigenvalue weighted by atomic mass is 9.83. The quantitative estimate of drug-likeness (QED) is 0.137. The smallest absolute Gasteiger partial charge is 0.148 e. The van der Waals surface area contributed by atoms with Crippen molar-refractivity contribution in [1.82, 2.24) is 58.5 Å². The van der Waals surface area contributed by atoms with E-state index in [9.17, 15) is 0 Å². The van der Waals surface area contributed by atoms with Gasteiger partial charge < -0.3 is 26.2 Å². The average molecular weight is 572 g/mol. The van der Waals surface area contributed by atoms with Crippen LogP contribution in [0, 0.1) is 47.3 Å². The predicted octanol–water partition coefficient (Wildman–Crippen LogP) is -4.79. The third-order valence-electron chi connectivity index (χ3n) is 13.3. The van der Waals surface area contributed by atoms with Gasteiger partial charge in [-0.1, -0.05) is 0 Å². The summed E-state index contributed by atoms with van der Waals surface area (Å²) in [6, 6.07) is 0. The van der Waals surface area contributed by atoms with Crippen molar-refractivity contribution in [3.63, 3.8) is 0 Å². The van der Waals surface area contributed by atoms with E-state index in [1.807, 2.05) is 0 Å². The van der Waals surface area contributed by atoms with Crippen LogP contribution < -0.4 is 63.4 Å². The highest BCUT2D eigenvalue weighted by Gasteiger charge is 2.57. The van der Waals surface area contributed by atoms with Gasteiger partial charge in [0.25, 0.3) is 0 Å².